The number of benzene rings is 1. The number of fused-ring (bicyclic) bond motifs is 1. The molecule has 4 heterocycles. The first-order chi connectivity index (χ1) is 17.4. The van der Waals surface area contributed by atoms with E-state index in [-0.39, 0.29) is 11.9 Å². The van der Waals surface area contributed by atoms with Gasteiger partial charge < -0.3 is 20.3 Å². The number of nitrogens with two attached hydrogens (primary N) is 1. The molecule has 0 radical (unpaired) electrons. The summed E-state index contributed by atoms with van der Waals surface area (Å²) in [5, 5.41) is 4.37. The van der Waals surface area contributed by atoms with E-state index < -0.39 is 0 Å². The Hall–Kier alpha value is -3.13. The molecule has 192 valence electrons. The molecule has 2 N–H and O–H groups in total. The third-order valence-electron chi connectivity index (χ3n) is 7.78. The van der Waals surface area contributed by atoms with E-state index in [1.54, 1.807) is 0 Å². The van der Waals surface area contributed by atoms with Gasteiger partial charge in [0.15, 0.2) is 0 Å². The maximum absolute atomic E-state index is 12.6. The Morgan fingerprint density at radius 3 is 2.78 bits per heavy atom. The zero-order valence-corrected chi connectivity index (χ0v) is 21.7. The van der Waals surface area contributed by atoms with Crippen molar-refractivity contribution in [1.82, 2.24) is 14.7 Å². The zero-order valence-electron chi connectivity index (χ0n) is 21.7. The minimum Gasteiger partial charge on any atom is -0.398 e. The summed E-state index contributed by atoms with van der Waals surface area (Å²) in [5.74, 6) is 0.168. The number of aromatic nitrogens is 2. The predicted octanol–water partition coefficient (Wildman–Crippen LogP) is 3.30. The van der Waals surface area contributed by atoms with Gasteiger partial charge in [-0.2, -0.15) is 5.10 Å². The minimum absolute atomic E-state index is 0.168. The summed E-state index contributed by atoms with van der Waals surface area (Å²) >= 11 is 0. The lowest BCUT2D eigenvalue weighted by atomic mass is 9.87. The molecule has 1 amide bonds. The number of rotatable bonds is 4. The number of hydrogen-bond donors (Lipinski definition) is 1. The van der Waals surface area contributed by atoms with Crippen LogP contribution in [0.15, 0.2) is 41.2 Å². The van der Waals surface area contributed by atoms with Gasteiger partial charge in [0, 0.05) is 87.5 Å². The van der Waals surface area contributed by atoms with E-state index in [0.29, 0.717) is 25.6 Å². The summed E-state index contributed by atoms with van der Waals surface area (Å²) in [6.45, 7) is 7.75. The molecule has 8 heteroatoms. The first-order valence-corrected chi connectivity index (χ1v) is 13.2. The zero-order chi connectivity index (χ0) is 25.2. The summed E-state index contributed by atoms with van der Waals surface area (Å²) in [7, 11) is 1.95. The van der Waals surface area contributed by atoms with Crippen LogP contribution in [-0.4, -0.2) is 64.7 Å². The topological polar surface area (TPSA) is 89.0 Å². The second-order valence-corrected chi connectivity index (χ2v) is 10.2. The molecule has 2 saturated heterocycles. The van der Waals surface area contributed by atoms with Crippen molar-refractivity contribution in [3.8, 4) is 0 Å². The van der Waals surface area contributed by atoms with Gasteiger partial charge in [0.1, 0.15) is 0 Å². The Bertz CT molecular complexity index is 1180. The fourth-order valence-corrected chi connectivity index (χ4v) is 5.69. The SMILES string of the molecule is CCC(=O)N1CCC(=NC2CCOCC2)C(=C(N)c2cccc3c2CC(C)N(c2cnn(C)c2)C3)C1. The maximum Gasteiger partial charge on any atom is 0.222 e. The Kier molecular flexibility index (Phi) is 7.14. The van der Waals surface area contributed by atoms with Crippen LogP contribution >= 0.6 is 0 Å². The first kappa shape index (κ1) is 24.6. The van der Waals surface area contributed by atoms with Gasteiger partial charge in [-0.3, -0.25) is 14.5 Å². The molecule has 0 saturated carbocycles. The highest BCUT2D eigenvalue weighted by Crippen LogP contribution is 2.33. The normalized spacial score (nSPS) is 23.6. The van der Waals surface area contributed by atoms with Gasteiger partial charge in [0.2, 0.25) is 5.91 Å². The molecule has 0 bridgehead atoms. The van der Waals surface area contributed by atoms with E-state index in [4.69, 9.17) is 15.5 Å². The average molecular weight is 491 g/mol. The number of likely N-dealkylation sites (tertiary alicyclic amines) is 1. The molecule has 1 unspecified atom stereocenters. The second kappa shape index (κ2) is 10.5. The van der Waals surface area contributed by atoms with Crippen molar-refractivity contribution in [2.45, 2.75) is 64.6 Å². The van der Waals surface area contributed by atoms with Crippen molar-refractivity contribution >= 4 is 23.0 Å². The Balaban J connectivity index is 1.52. The van der Waals surface area contributed by atoms with Crippen LogP contribution in [-0.2, 0) is 29.5 Å². The molecule has 0 spiro atoms. The van der Waals surface area contributed by atoms with E-state index in [2.05, 4.69) is 41.3 Å². The average Bonchev–Trinajstić information content (AvgIpc) is 3.33. The van der Waals surface area contributed by atoms with Gasteiger partial charge in [0.25, 0.3) is 0 Å². The molecule has 1 aromatic heterocycles. The molecular formula is C28H38N6O2. The second-order valence-electron chi connectivity index (χ2n) is 10.2. The Labute approximate surface area is 213 Å². The van der Waals surface area contributed by atoms with Gasteiger partial charge in [-0.25, -0.2) is 0 Å². The van der Waals surface area contributed by atoms with Gasteiger partial charge in [-0.05, 0) is 37.3 Å². The third-order valence-corrected chi connectivity index (χ3v) is 7.78. The molecule has 1 aromatic carbocycles. The van der Waals surface area contributed by atoms with Crippen molar-refractivity contribution in [3.63, 3.8) is 0 Å². The van der Waals surface area contributed by atoms with Crippen LogP contribution in [0.1, 0.15) is 56.2 Å². The van der Waals surface area contributed by atoms with Crippen molar-refractivity contribution < 1.29 is 9.53 Å². The van der Waals surface area contributed by atoms with E-state index in [9.17, 15) is 4.79 Å². The van der Waals surface area contributed by atoms with Crippen LogP contribution in [0.3, 0.4) is 0 Å². The predicted molar refractivity (Wildman–Crippen MR) is 143 cm³/mol. The quantitative estimate of drug-likeness (QED) is 0.710. The first-order valence-electron chi connectivity index (χ1n) is 13.2. The molecule has 3 aliphatic heterocycles. The molecule has 8 nitrogen and oxygen atoms in total. The number of nitrogens with zero attached hydrogens (tertiary/aromatic N) is 5. The van der Waals surface area contributed by atoms with Crippen molar-refractivity contribution in [3.05, 3.63) is 52.9 Å². The molecule has 3 aliphatic rings. The van der Waals surface area contributed by atoms with Crippen molar-refractivity contribution in [2.75, 3.05) is 31.2 Å². The summed E-state index contributed by atoms with van der Waals surface area (Å²) in [6.07, 6.45) is 8.04. The minimum atomic E-state index is 0.168. The Morgan fingerprint density at radius 2 is 2.06 bits per heavy atom. The van der Waals surface area contributed by atoms with Gasteiger partial charge in [-0.15, -0.1) is 0 Å². The van der Waals surface area contributed by atoms with Crippen LogP contribution in [0.5, 0.6) is 0 Å². The number of amides is 1. The monoisotopic (exact) mass is 490 g/mol. The number of piperidine rings is 1. The fourth-order valence-electron chi connectivity index (χ4n) is 5.69. The van der Waals surface area contributed by atoms with Crippen LogP contribution in [0, 0.1) is 0 Å². The fraction of sp³-hybridized carbons (Fsp3) is 0.536. The third kappa shape index (κ3) is 4.91. The lowest BCUT2D eigenvalue weighted by molar-refractivity contribution is -0.130. The summed E-state index contributed by atoms with van der Waals surface area (Å²) in [4.78, 5) is 22.1. The molecule has 2 fully saturated rings. The lowest BCUT2D eigenvalue weighted by Crippen LogP contribution is -2.41. The summed E-state index contributed by atoms with van der Waals surface area (Å²) < 4.78 is 7.39. The van der Waals surface area contributed by atoms with Gasteiger partial charge in [-0.1, -0.05) is 25.1 Å². The number of carbonyl (C=O) groups excluding carboxylic acids is 1. The maximum atomic E-state index is 12.6. The Morgan fingerprint density at radius 1 is 1.25 bits per heavy atom. The number of ether oxygens (including phenoxy) is 1. The number of aliphatic imine (C=N–C) groups is 1. The van der Waals surface area contributed by atoms with E-state index in [1.807, 2.05) is 29.7 Å². The largest absolute Gasteiger partial charge is 0.398 e. The van der Waals surface area contributed by atoms with Crippen LogP contribution in [0.25, 0.3) is 5.70 Å². The van der Waals surface area contributed by atoms with Crippen LogP contribution in [0.4, 0.5) is 5.69 Å². The number of hydrogen-bond acceptors (Lipinski definition) is 6. The molecule has 36 heavy (non-hydrogen) atoms. The molecule has 2 aromatic rings. The number of anilines is 1. The summed E-state index contributed by atoms with van der Waals surface area (Å²) in [5.41, 5.74) is 14.7. The highest BCUT2D eigenvalue weighted by atomic mass is 16.5. The molecule has 0 aliphatic carbocycles. The van der Waals surface area contributed by atoms with Crippen molar-refractivity contribution in [1.29, 1.82) is 0 Å². The summed E-state index contributed by atoms with van der Waals surface area (Å²) in [6, 6.07) is 7.03. The van der Waals surface area contributed by atoms with Gasteiger partial charge in [0.05, 0.1) is 17.9 Å². The smallest absolute Gasteiger partial charge is 0.222 e. The van der Waals surface area contributed by atoms with Crippen molar-refractivity contribution in [2.24, 2.45) is 17.8 Å². The van der Waals surface area contributed by atoms with Crippen LogP contribution < -0.4 is 10.6 Å². The highest BCUT2D eigenvalue weighted by Gasteiger charge is 2.30. The van der Waals surface area contributed by atoms with E-state index in [1.165, 1.54) is 11.1 Å². The molecule has 1 atom stereocenters. The van der Waals surface area contributed by atoms with E-state index in [0.717, 1.165) is 73.7 Å². The van der Waals surface area contributed by atoms with Gasteiger partial charge >= 0.3 is 0 Å². The standard InChI is InChI=1S/C28H38N6O2/c1-4-27(35)33-11-8-26(31-21-9-12-36-13-10-21)25(18-33)28(29)23-7-5-6-20-16-34(19(2)14-24(20)23)22-15-30-32(3)17-22/h5-7,15,17,19,21H,4,8-14,16,18,29H2,1-3H3. The number of carbonyl (C=O) groups is 1. The highest BCUT2D eigenvalue weighted by molar-refractivity contribution is 6.08. The molecular weight excluding hydrogens is 452 g/mol. The molecule has 5 rings (SSSR count). The van der Waals surface area contributed by atoms with Crippen LogP contribution in [0.2, 0.25) is 0 Å². The number of aryl methyl sites for hydroxylation is 1. The lowest BCUT2D eigenvalue weighted by Gasteiger charge is -2.37. The van der Waals surface area contributed by atoms with E-state index >= 15 is 0 Å².